The van der Waals surface area contributed by atoms with Crippen LogP contribution in [0.2, 0.25) is 0 Å². The Morgan fingerprint density at radius 2 is 1.76 bits per heavy atom. The Morgan fingerprint density at radius 1 is 1.04 bits per heavy atom. The van der Waals surface area contributed by atoms with Crippen LogP contribution in [0.5, 0.6) is 5.75 Å². The van der Waals surface area contributed by atoms with Gasteiger partial charge >= 0.3 is 12.5 Å². The first kappa shape index (κ1) is 31.5. The fraction of sp³-hybridized carbons (Fsp3) is 0.192. The molecule has 2 aromatic heterocycles. The number of imidazole rings is 1. The van der Waals surface area contributed by atoms with Crippen molar-refractivity contribution in [3.8, 4) is 5.75 Å². The number of tetrazole rings is 1. The standard InChI is InChI=1S/C26H20F6N8O4S/c1-39-21-19(11-16(25(27,28)29)12-20(21)45-44-42-2)40(24(39)33-17-7-9-18(10-8-17)43-26(30,31)32)13-14-3-5-15(6-4-14)22(41)34-23-35-37-38-36-23/h3-12H,13H2,1-2H3,(H2,34,35,36,37,38,41). The highest BCUT2D eigenvalue weighted by atomic mass is 32.2. The van der Waals surface area contributed by atoms with E-state index in [0.29, 0.717) is 23.1 Å². The molecule has 1 amide bonds. The molecule has 0 saturated carbocycles. The first-order chi connectivity index (χ1) is 21.3. The van der Waals surface area contributed by atoms with Gasteiger partial charge in [0.15, 0.2) is 0 Å². The number of nitrogens with zero attached hydrogens (tertiary/aromatic N) is 6. The minimum absolute atomic E-state index is 0.0191. The molecule has 3 aromatic carbocycles. The second-order valence-electron chi connectivity index (χ2n) is 9.14. The number of amides is 1. The summed E-state index contributed by atoms with van der Waals surface area (Å²) in [5, 5.41) is 15.3. The van der Waals surface area contributed by atoms with Gasteiger partial charge in [-0.25, -0.2) is 9.88 Å². The predicted molar refractivity (Wildman–Crippen MR) is 146 cm³/mol. The normalized spacial score (nSPS) is 12.6. The summed E-state index contributed by atoms with van der Waals surface area (Å²) in [7, 11) is 2.76. The van der Waals surface area contributed by atoms with Crippen LogP contribution in [0.3, 0.4) is 0 Å². The molecule has 12 nitrogen and oxygen atoms in total. The molecule has 5 rings (SSSR count). The molecular formula is C26H20F6N8O4S. The molecule has 0 unspecified atom stereocenters. The summed E-state index contributed by atoms with van der Waals surface area (Å²) in [5.41, 5.74) is 0.607. The average molecular weight is 655 g/mol. The van der Waals surface area contributed by atoms with Gasteiger partial charge in [0.05, 0.1) is 52.9 Å². The summed E-state index contributed by atoms with van der Waals surface area (Å²) >= 11 is 0.560. The maximum Gasteiger partial charge on any atom is 0.573 e. The molecule has 0 aliphatic carbocycles. The van der Waals surface area contributed by atoms with E-state index in [1.54, 1.807) is 19.2 Å². The van der Waals surface area contributed by atoms with Crippen molar-refractivity contribution in [1.29, 1.82) is 0 Å². The number of benzene rings is 3. The predicted octanol–water partition coefficient (Wildman–Crippen LogP) is 5.53. The molecule has 2 heterocycles. The first-order valence-electron chi connectivity index (χ1n) is 12.5. The van der Waals surface area contributed by atoms with Crippen molar-refractivity contribution in [1.82, 2.24) is 29.8 Å². The maximum absolute atomic E-state index is 14.0. The van der Waals surface area contributed by atoms with Crippen molar-refractivity contribution in [3.05, 3.63) is 83.0 Å². The first-order valence-corrected chi connectivity index (χ1v) is 13.3. The Bertz CT molecular complexity index is 1870. The number of alkyl halides is 6. The zero-order valence-corrected chi connectivity index (χ0v) is 23.8. The molecule has 0 atom stereocenters. The van der Waals surface area contributed by atoms with E-state index in [0.717, 1.165) is 24.3 Å². The van der Waals surface area contributed by atoms with Crippen LogP contribution in [-0.2, 0) is 29.0 Å². The van der Waals surface area contributed by atoms with Gasteiger partial charge in [-0.3, -0.25) is 10.1 Å². The van der Waals surface area contributed by atoms with Crippen molar-refractivity contribution in [2.24, 2.45) is 12.0 Å². The summed E-state index contributed by atoms with van der Waals surface area (Å²) in [5.74, 6) is -1.03. The molecule has 45 heavy (non-hydrogen) atoms. The molecular weight excluding hydrogens is 634 g/mol. The SMILES string of the molecule is COOSc1cc(C(F)(F)F)cc2c1n(C)c(=Nc1ccc(OC(F)(F)F)cc1)n2Cc1ccc(C(=O)Nc2nn[nH]n2)cc1. The molecule has 5 aromatic rings. The number of anilines is 1. The minimum atomic E-state index is -4.89. The lowest BCUT2D eigenvalue weighted by atomic mass is 10.1. The molecule has 0 aliphatic heterocycles. The van der Waals surface area contributed by atoms with Crippen LogP contribution < -0.4 is 15.7 Å². The highest BCUT2D eigenvalue weighted by molar-refractivity contribution is 7.94. The van der Waals surface area contributed by atoms with Gasteiger partial charge in [-0.1, -0.05) is 17.2 Å². The van der Waals surface area contributed by atoms with Crippen LogP contribution in [-0.4, -0.2) is 49.1 Å². The van der Waals surface area contributed by atoms with Crippen LogP contribution in [0.1, 0.15) is 21.5 Å². The van der Waals surface area contributed by atoms with E-state index in [2.05, 4.69) is 40.6 Å². The van der Waals surface area contributed by atoms with Crippen LogP contribution in [0.15, 0.2) is 70.6 Å². The van der Waals surface area contributed by atoms with Crippen LogP contribution in [0, 0.1) is 0 Å². The summed E-state index contributed by atoms with van der Waals surface area (Å²) < 4.78 is 91.6. The molecule has 0 aliphatic rings. The second-order valence-corrected chi connectivity index (χ2v) is 9.89. The summed E-state index contributed by atoms with van der Waals surface area (Å²) in [6.07, 6.45) is -9.61. The molecule has 0 fully saturated rings. The third-order valence-corrected chi connectivity index (χ3v) is 6.86. The van der Waals surface area contributed by atoms with E-state index in [1.165, 1.54) is 40.5 Å². The topological polar surface area (TPSA) is 133 Å². The lowest BCUT2D eigenvalue weighted by molar-refractivity contribution is -0.274. The third-order valence-electron chi connectivity index (χ3n) is 6.17. The smallest absolute Gasteiger partial charge is 0.406 e. The van der Waals surface area contributed by atoms with Crippen LogP contribution in [0.25, 0.3) is 11.0 Å². The van der Waals surface area contributed by atoms with Gasteiger partial charge < -0.3 is 13.9 Å². The number of carbonyl (C=O) groups excluding carboxylic acids is 1. The van der Waals surface area contributed by atoms with Crippen molar-refractivity contribution in [2.45, 2.75) is 24.0 Å². The number of hydrogen-bond acceptors (Lipinski definition) is 9. The number of ether oxygens (including phenoxy) is 1. The van der Waals surface area contributed by atoms with Gasteiger partial charge in [-0.05, 0) is 59.3 Å². The zero-order valence-electron chi connectivity index (χ0n) is 23.0. The Balaban J connectivity index is 1.62. The van der Waals surface area contributed by atoms with Gasteiger partial charge in [-0.2, -0.15) is 22.7 Å². The summed E-state index contributed by atoms with van der Waals surface area (Å²) in [6, 6.07) is 12.7. The van der Waals surface area contributed by atoms with E-state index >= 15 is 0 Å². The Hall–Kier alpha value is -4.88. The van der Waals surface area contributed by atoms with E-state index in [9.17, 15) is 31.1 Å². The molecule has 2 N–H and O–H groups in total. The minimum Gasteiger partial charge on any atom is -0.406 e. The van der Waals surface area contributed by atoms with Gasteiger partial charge in [0.25, 0.3) is 11.9 Å². The van der Waals surface area contributed by atoms with Crippen molar-refractivity contribution in [2.75, 3.05) is 12.4 Å². The summed E-state index contributed by atoms with van der Waals surface area (Å²) in [6.45, 7) is -0.0191. The van der Waals surface area contributed by atoms with E-state index in [-0.39, 0.29) is 39.8 Å². The average Bonchev–Trinajstić information content (AvgIpc) is 3.58. The quantitative estimate of drug-likeness (QED) is 0.0918. The number of aryl methyl sites for hydroxylation is 1. The maximum atomic E-state index is 14.0. The van der Waals surface area contributed by atoms with Crippen molar-refractivity contribution >= 4 is 40.6 Å². The number of aromatic nitrogens is 6. The number of nitrogens with one attached hydrogen (secondary N) is 2. The van der Waals surface area contributed by atoms with E-state index in [4.69, 9.17) is 4.33 Å². The number of aromatic amines is 1. The number of halogens is 6. The van der Waals surface area contributed by atoms with Crippen LogP contribution in [0.4, 0.5) is 38.0 Å². The number of rotatable bonds is 9. The van der Waals surface area contributed by atoms with Gasteiger partial charge in [0.1, 0.15) is 5.75 Å². The fourth-order valence-corrected chi connectivity index (χ4v) is 4.92. The lowest BCUT2D eigenvalue weighted by Crippen LogP contribution is -2.24. The van der Waals surface area contributed by atoms with Crippen molar-refractivity contribution in [3.63, 3.8) is 0 Å². The largest absolute Gasteiger partial charge is 0.573 e. The number of fused-ring (bicyclic) bond motifs is 1. The van der Waals surface area contributed by atoms with Crippen molar-refractivity contribution < 1.29 is 45.1 Å². The highest BCUT2D eigenvalue weighted by Gasteiger charge is 2.33. The lowest BCUT2D eigenvalue weighted by Gasteiger charge is -2.12. The van der Waals surface area contributed by atoms with E-state index in [1.807, 2.05) is 0 Å². The fourth-order valence-electron chi connectivity index (χ4n) is 4.28. The molecule has 0 saturated heterocycles. The number of carbonyl (C=O) groups is 1. The molecule has 0 bridgehead atoms. The Kier molecular flexibility index (Phi) is 8.84. The zero-order chi connectivity index (χ0) is 32.4. The van der Waals surface area contributed by atoms with Gasteiger partial charge in [-0.15, -0.1) is 18.3 Å². The Morgan fingerprint density at radius 3 is 2.36 bits per heavy atom. The molecule has 19 heteroatoms. The highest BCUT2D eigenvalue weighted by Crippen LogP contribution is 2.37. The van der Waals surface area contributed by atoms with Crippen LogP contribution >= 0.6 is 12.0 Å². The van der Waals surface area contributed by atoms with Gasteiger partial charge in [0.2, 0.25) is 5.62 Å². The number of H-pyrrole nitrogens is 1. The second kappa shape index (κ2) is 12.6. The Labute approximate surface area is 252 Å². The summed E-state index contributed by atoms with van der Waals surface area (Å²) in [4.78, 5) is 21.7. The molecule has 0 spiro atoms. The van der Waals surface area contributed by atoms with E-state index < -0.39 is 29.8 Å². The third kappa shape index (κ3) is 7.44. The van der Waals surface area contributed by atoms with Gasteiger partial charge in [0, 0.05) is 12.6 Å². The number of hydrogen-bond donors (Lipinski definition) is 2. The molecule has 236 valence electrons. The molecule has 0 radical (unpaired) electrons. The monoisotopic (exact) mass is 654 g/mol.